The molecule has 0 spiro atoms. The Hall–Kier alpha value is -2.60. The minimum atomic E-state index is -0.423. The van der Waals surface area contributed by atoms with Crippen LogP contribution in [0.25, 0.3) is 0 Å². The van der Waals surface area contributed by atoms with Gasteiger partial charge in [0.1, 0.15) is 5.75 Å². The van der Waals surface area contributed by atoms with Crippen LogP contribution in [0.4, 0.5) is 4.39 Å². The summed E-state index contributed by atoms with van der Waals surface area (Å²) in [6.45, 7) is 2.65. The van der Waals surface area contributed by atoms with Crippen LogP contribution in [-0.2, 0) is 4.79 Å². The number of ether oxygens (including phenoxy) is 2. The van der Waals surface area contributed by atoms with E-state index in [1.54, 1.807) is 25.3 Å². The molecule has 150 valence electrons. The molecule has 0 bridgehead atoms. The Morgan fingerprint density at radius 2 is 1.79 bits per heavy atom. The van der Waals surface area contributed by atoms with Crippen molar-refractivity contribution in [3.05, 3.63) is 59.9 Å². The topological polar surface area (TPSA) is 50.8 Å². The fourth-order valence-corrected chi connectivity index (χ4v) is 3.55. The first-order chi connectivity index (χ1) is 13.7. The predicted octanol–water partition coefficient (Wildman–Crippen LogP) is 3.56. The standard InChI is InChI=1S/C22H27FN2O3/c1-27-20-10-4-2-8-17(20)19(25-13-6-7-14-25)16-24-22(26)12-15-28-21-11-5-3-9-18(21)23/h2-5,8-11,19H,6-7,12-16H2,1H3,(H,24,26). The van der Waals surface area contributed by atoms with Crippen molar-refractivity contribution in [3.63, 3.8) is 0 Å². The number of nitrogens with zero attached hydrogens (tertiary/aromatic N) is 1. The van der Waals surface area contributed by atoms with Crippen LogP contribution in [0.2, 0.25) is 0 Å². The fraction of sp³-hybridized carbons (Fsp3) is 0.409. The summed E-state index contributed by atoms with van der Waals surface area (Å²) in [4.78, 5) is 14.7. The minimum absolute atomic E-state index is 0.0649. The first-order valence-electron chi connectivity index (χ1n) is 9.70. The minimum Gasteiger partial charge on any atom is -0.496 e. The van der Waals surface area contributed by atoms with Crippen LogP contribution in [0, 0.1) is 5.82 Å². The van der Waals surface area contributed by atoms with Gasteiger partial charge in [-0.15, -0.1) is 0 Å². The van der Waals surface area contributed by atoms with E-state index in [4.69, 9.17) is 9.47 Å². The van der Waals surface area contributed by atoms with Gasteiger partial charge in [0.05, 0.1) is 26.2 Å². The van der Waals surface area contributed by atoms with Gasteiger partial charge in [0.2, 0.25) is 5.91 Å². The molecule has 0 aromatic heterocycles. The number of nitrogens with one attached hydrogen (secondary N) is 1. The summed E-state index contributed by atoms with van der Waals surface area (Å²) in [5.74, 6) is 0.458. The lowest BCUT2D eigenvalue weighted by atomic mass is 10.0. The molecule has 1 amide bonds. The summed E-state index contributed by atoms with van der Waals surface area (Å²) in [7, 11) is 1.67. The van der Waals surface area contributed by atoms with Crippen molar-refractivity contribution in [2.75, 3.05) is 33.4 Å². The van der Waals surface area contributed by atoms with Crippen LogP contribution in [-0.4, -0.2) is 44.2 Å². The monoisotopic (exact) mass is 386 g/mol. The van der Waals surface area contributed by atoms with Gasteiger partial charge in [-0.3, -0.25) is 9.69 Å². The zero-order chi connectivity index (χ0) is 19.8. The van der Waals surface area contributed by atoms with E-state index in [-0.39, 0.29) is 30.7 Å². The Balaban J connectivity index is 1.56. The van der Waals surface area contributed by atoms with Crippen molar-refractivity contribution >= 4 is 5.91 Å². The molecule has 1 unspecified atom stereocenters. The summed E-state index contributed by atoms with van der Waals surface area (Å²) in [5.41, 5.74) is 1.08. The number of methoxy groups -OCH3 is 1. The van der Waals surface area contributed by atoms with Gasteiger partial charge >= 0.3 is 0 Å². The summed E-state index contributed by atoms with van der Waals surface area (Å²) >= 11 is 0. The van der Waals surface area contributed by atoms with Gasteiger partial charge in [-0.1, -0.05) is 30.3 Å². The molecule has 1 N–H and O–H groups in total. The number of halogens is 1. The number of hydrogen-bond acceptors (Lipinski definition) is 4. The molecule has 1 aliphatic heterocycles. The normalized spacial score (nSPS) is 15.2. The van der Waals surface area contributed by atoms with Crippen LogP contribution < -0.4 is 14.8 Å². The first kappa shape index (κ1) is 20.1. The van der Waals surface area contributed by atoms with Gasteiger partial charge in [-0.2, -0.15) is 0 Å². The molecule has 0 saturated carbocycles. The van der Waals surface area contributed by atoms with Crippen LogP contribution >= 0.6 is 0 Å². The van der Waals surface area contributed by atoms with E-state index in [0.717, 1.165) is 37.2 Å². The molecule has 1 heterocycles. The average Bonchev–Trinajstić information content (AvgIpc) is 3.24. The predicted molar refractivity (Wildman–Crippen MR) is 106 cm³/mol. The van der Waals surface area contributed by atoms with Crippen molar-refractivity contribution in [3.8, 4) is 11.5 Å². The first-order valence-corrected chi connectivity index (χ1v) is 9.70. The average molecular weight is 386 g/mol. The molecule has 1 aliphatic rings. The molecule has 1 fully saturated rings. The summed E-state index contributed by atoms with van der Waals surface area (Å²) in [5, 5.41) is 3.00. The van der Waals surface area contributed by atoms with Gasteiger partial charge < -0.3 is 14.8 Å². The number of benzene rings is 2. The lowest BCUT2D eigenvalue weighted by Crippen LogP contribution is -2.37. The van der Waals surface area contributed by atoms with E-state index >= 15 is 0 Å². The van der Waals surface area contributed by atoms with E-state index in [0.29, 0.717) is 6.54 Å². The lowest BCUT2D eigenvalue weighted by molar-refractivity contribution is -0.121. The number of hydrogen-bond donors (Lipinski definition) is 1. The third kappa shape index (κ3) is 5.23. The number of carbonyl (C=O) groups excluding carboxylic acids is 1. The third-order valence-corrected chi connectivity index (χ3v) is 5.00. The molecular weight excluding hydrogens is 359 g/mol. The maximum Gasteiger partial charge on any atom is 0.223 e. The van der Waals surface area contributed by atoms with Crippen molar-refractivity contribution in [2.24, 2.45) is 0 Å². The molecule has 0 aliphatic carbocycles. The summed E-state index contributed by atoms with van der Waals surface area (Å²) in [6.07, 6.45) is 2.50. The molecule has 28 heavy (non-hydrogen) atoms. The molecule has 2 aromatic carbocycles. The Morgan fingerprint density at radius 1 is 1.11 bits per heavy atom. The third-order valence-electron chi connectivity index (χ3n) is 5.00. The number of amides is 1. The molecule has 1 atom stereocenters. The van der Waals surface area contributed by atoms with Gasteiger partial charge in [0, 0.05) is 12.1 Å². The van der Waals surface area contributed by atoms with Crippen molar-refractivity contribution in [1.82, 2.24) is 10.2 Å². The Bertz CT molecular complexity index is 778. The van der Waals surface area contributed by atoms with Gasteiger partial charge in [0.15, 0.2) is 11.6 Å². The van der Waals surface area contributed by atoms with Crippen molar-refractivity contribution < 1.29 is 18.7 Å². The van der Waals surface area contributed by atoms with E-state index in [1.165, 1.54) is 6.07 Å². The highest BCUT2D eigenvalue weighted by Gasteiger charge is 2.26. The Morgan fingerprint density at radius 3 is 2.50 bits per heavy atom. The zero-order valence-corrected chi connectivity index (χ0v) is 16.2. The SMILES string of the molecule is COc1ccccc1C(CNC(=O)CCOc1ccccc1F)N1CCCC1. The van der Waals surface area contributed by atoms with E-state index in [2.05, 4.69) is 16.3 Å². The lowest BCUT2D eigenvalue weighted by Gasteiger charge is -2.29. The number of para-hydroxylation sites is 2. The van der Waals surface area contributed by atoms with Crippen LogP contribution in [0.3, 0.4) is 0 Å². The highest BCUT2D eigenvalue weighted by atomic mass is 19.1. The largest absolute Gasteiger partial charge is 0.496 e. The second-order valence-electron chi connectivity index (χ2n) is 6.83. The highest BCUT2D eigenvalue weighted by molar-refractivity contribution is 5.76. The Kier molecular flexibility index (Phi) is 7.25. The quantitative estimate of drug-likeness (QED) is 0.716. The molecule has 3 rings (SSSR count). The molecule has 1 saturated heterocycles. The molecular formula is C22H27FN2O3. The second kappa shape index (κ2) is 10.1. The van der Waals surface area contributed by atoms with E-state index in [9.17, 15) is 9.18 Å². The number of rotatable bonds is 9. The maximum absolute atomic E-state index is 13.6. The number of likely N-dealkylation sites (tertiary alicyclic amines) is 1. The molecule has 6 heteroatoms. The molecule has 2 aromatic rings. The highest BCUT2D eigenvalue weighted by Crippen LogP contribution is 2.31. The summed E-state index contributed by atoms with van der Waals surface area (Å²) in [6, 6.07) is 14.2. The summed E-state index contributed by atoms with van der Waals surface area (Å²) < 4.78 is 24.4. The van der Waals surface area contributed by atoms with Crippen LogP contribution in [0.1, 0.15) is 30.9 Å². The van der Waals surface area contributed by atoms with Crippen LogP contribution in [0.15, 0.2) is 48.5 Å². The van der Waals surface area contributed by atoms with Crippen molar-refractivity contribution in [1.29, 1.82) is 0 Å². The fourth-order valence-electron chi connectivity index (χ4n) is 3.55. The van der Waals surface area contributed by atoms with E-state index < -0.39 is 5.82 Å². The maximum atomic E-state index is 13.6. The Labute approximate surface area is 165 Å². The van der Waals surface area contributed by atoms with Crippen LogP contribution in [0.5, 0.6) is 11.5 Å². The molecule has 0 radical (unpaired) electrons. The van der Waals surface area contributed by atoms with Gasteiger partial charge in [-0.05, 0) is 44.1 Å². The second-order valence-corrected chi connectivity index (χ2v) is 6.83. The van der Waals surface area contributed by atoms with Crippen molar-refractivity contribution in [2.45, 2.75) is 25.3 Å². The zero-order valence-electron chi connectivity index (χ0n) is 16.2. The smallest absolute Gasteiger partial charge is 0.223 e. The van der Waals surface area contributed by atoms with Gasteiger partial charge in [-0.25, -0.2) is 4.39 Å². The molecule has 5 nitrogen and oxygen atoms in total. The number of carbonyl (C=O) groups is 1. The van der Waals surface area contributed by atoms with E-state index in [1.807, 2.05) is 18.2 Å². The van der Waals surface area contributed by atoms with Gasteiger partial charge in [0.25, 0.3) is 0 Å².